The quantitative estimate of drug-likeness (QED) is 0.207. The molecule has 192 valence electrons. The smallest absolute Gasteiger partial charge is 0.302 e. The van der Waals surface area contributed by atoms with Gasteiger partial charge in [-0.15, -0.1) is 4.99 Å². The molecule has 5 heteroatoms. The lowest BCUT2D eigenvalue weighted by Gasteiger charge is -2.70. The molecular formula is C29H47NO4. The molecular weight excluding hydrogens is 426 g/mol. The zero-order chi connectivity index (χ0) is 24.5. The second-order valence-corrected chi connectivity index (χ2v) is 13.8. The van der Waals surface area contributed by atoms with Crippen LogP contribution in [0, 0.1) is 45.3 Å². The lowest BCUT2D eigenvalue weighted by Crippen LogP contribution is -2.66. The summed E-state index contributed by atoms with van der Waals surface area (Å²) < 4.78 is 5.69. The normalized spacial score (nSPS) is 52.4. The molecule has 10 atom stereocenters. The third-order valence-electron chi connectivity index (χ3n) is 12.4. The molecule has 34 heavy (non-hydrogen) atoms. The average molecular weight is 474 g/mol. The highest BCUT2D eigenvalue weighted by atomic mass is 17.2. The summed E-state index contributed by atoms with van der Waals surface area (Å²) in [5.74, 6) is 2.14. The summed E-state index contributed by atoms with van der Waals surface area (Å²) in [6.45, 7) is 14.3. The zero-order valence-corrected chi connectivity index (χ0v) is 22.3. The maximum Gasteiger partial charge on any atom is 0.302 e. The van der Waals surface area contributed by atoms with E-state index >= 15 is 0 Å². The molecule has 5 rings (SSSR count). The Morgan fingerprint density at radius 3 is 2.53 bits per heavy atom. The Labute approximate surface area is 206 Å². The molecule has 0 radical (unpaired) electrons. The number of carbonyl (C=O) groups is 1. The summed E-state index contributed by atoms with van der Waals surface area (Å²) in [6, 6.07) is -0.177. The SMILES string of the molecule is CC(=O)OC1CCC2(C)C(CCC3(C)C2CC=C2C4C(C)CCCC4(C)CC[C@]23C)C1NOO. The standard InChI is InChI=1S/C29H47NO4/c1-18-8-7-13-26(3)16-17-28(5)20(24(18)26)9-10-23-27(4)14-12-22(33-19(2)31)25(30-34-32)21(27)11-15-29(23,28)6/h9,18,21-25,30,32H,7-8,10-17H2,1-6H3/t18?,21?,22?,23?,24?,25?,26?,27?,28-,29?/m1/s1. The molecule has 4 fully saturated rings. The Kier molecular flexibility index (Phi) is 6.06. The molecule has 0 heterocycles. The Morgan fingerprint density at radius 1 is 1.06 bits per heavy atom. The van der Waals surface area contributed by atoms with Crippen LogP contribution in [0.4, 0.5) is 0 Å². The predicted octanol–water partition coefficient (Wildman–Crippen LogP) is 6.69. The second kappa shape index (κ2) is 8.31. The highest BCUT2D eigenvalue weighted by Gasteiger charge is 2.67. The van der Waals surface area contributed by atoms with E-state index in [1.165, 1.54) is 45.4 Å². The highest BCUT2D eigenvalue weighted by molar-refractivity contribution is 5.66. The molecule has 0 bridgehead atoms. The number of rotatable bonds is 3. The Hall–Kier alpha value is -0.910. The van der Waals surface area contributed by atoms with Gasteiger partial charge in [-0.05, 0) is 96.7 Å². The van der Waals surface area contributed by atoms with Crippen molar-refractivity contribution < 1.29 is 19.8 Å². The van der Waals surface area contributed by atoms with Crippen molar-refractivity contribution in [2.75, 3.05) is 0 Å². The minimum Gasteiger partial charge on any atom is -0.461 e. The summed E-state index contributed by atoms with van der Waals surface area (Å²) >= 11 is 0. The van der Waals surface area contributed by atoms with Crippen LogP contribution in [-0.2, 0) is 14.5 Å². The van der Waals surface area contributed by atoms with Gasteiger partial charge in [-0.1, -0.05) is 59.1 Å². The number of fused-ring (bicyclic) bond motifs is 7. The predicted molar refractivity (Wildman–Crippen MR) is 133 cm³/mol. The van der Waals surface area contributed by atoms with Crippen LogP contribution in [-0.4, -0.2) is 23.4 Å². The number of ether oxygens (including phenoxy) is 1. The molecule has 0 aromatic carbocycles. The molecule has 0 aliphatic heterocycles. The monoisotopic (exact) mass is 473 g/mol. The molecule has 0 amide bonds. The first-order valence-corrected chi connectivity index (χ1v) is 13.9. The van der Waals surface area contributed by atoms with Crippen LogP contribution < -0.4 is 5.48 Å². The van der Waals surface area contributed by atoms with E-state index in [-0.39, 0.29) is 34.4 Å². The number of allylic oxidation sites excluding steroid dienone is 2. The maximum atomic E-state index is 11.8. The molecule has 0 spiro atoms. The topological polar surface area (TPSA) is 67.8 Å². The third-order valence-corrected chi connectivity index (χ3v) is 12.4. The van der Waals surface area contributed by atoms with Gasteiger partial charge in [-0.2, -0.15) is 5.48 Å². The van der Waals surface area contributed by atoms with Crippen LogP contribution in [0.1, 0.15) is 106 Å². The second-order valence-electron chi connectivity index (χ2n) is 13.8. The number of hydrogen-bond donors (Lipinski definition) is 2. The van der Waals surface area contributed by atoms with E-state index in [4.69, 9.17) is 4.74 Å². The van der Waals surface area contributed by atoms with Gasteiger partial charge in [0.15, 0.2) is 0 Å². The van der Waals surface area contributed by atoms with E-state index in [0.717, 1.165) is 37.5 Å². The fourth-order valence-electron chi connectivity index (χ4n) is 10.6. The van der Waals surface area contributed by atoms with Crippen LogP contribution >= 0.6 is 0 Å². The van der Waals surface area contributed by atoms with Crippen molar-refractivity contribution in [1.82, 2.24) is 5.48 Å². The average Bonchev–Trinajstić information content (AvgIpc) is 2.76. The molecule has 5 nitrogen and oxygen atoms in total. The van der Waals surface area contributed by atoms with Crippen LogP contribution in [0.5, 0.6) is 0 Å². The van der Waals surface area contributed by atoms with Crippen molar-refractivity contribution in [3.8, 4) is 0 Å². The van der Waals surface area contributed by atoms with Crippen LogP contribution in [0.2, 0.25) is 0 Å². The maximum absolute atomic E-state index is 11.8. The van der Waals surface area contributed by atoms with Crippen LogP contribution in [0.25, 0.3) is 0 Å². The van der Waals surface area contributed by atoms with Gasteiger partial charge >= 0.3 is 5.97 Å². The van der Waals surface area contributed by atoms with Gasteiger partial charge < -0.3 is 4.74 Å². The molecule has 5 aliphatic rings. The number of carbonyl (C=O) groups excluding carboxylic acids is 1. The van der Waals surface area contributed by atoms with Gasteiger partial charge in [0.25, 0.3) is 0 Å². The van der Waals surface area contributed by atoms with Gasteiger partial charge in [-0.25, -0.2) is 5.26 Å². The first kappa shape index (κ1) is 24.8. The van der Waals surface area contributed by atoms with Crippen molar-refractivity contribution in [2.24, 2.45) is 45.3 Å². The van der Waals surface area contributed by atoms with E-state index < -0.39 is 0 Å². The summed E-state index contributed by atoms with van der Waals surface area (Å²) in [4.78, 5) is 16.3. The lowest BCUT2D eigenvalue weighted by atomic mass is 9.35. The van der Waals surface area contributed by atoms with Crippen LogP contribution in [0.15, 0.2) is 11.6 Å². The van der Waals surface area contributed by atoms with E-state index in [1.54, 1.807) is 5.57 Å². The van der Waals surface area contributed by atoms with E-state index in [2.05, 4.69) is 51.2 Å². The molecule has 9 unspecified atom stereocenters. The van der Waals surface area contributed by atoms with Gasteiger partial charge in [0.2, 0.25) is 0 Å². The fraction of sp³-hybridized carbons (Fsp3) is 0.897. The largest absolute Gasteiger partial charge is 0.461 e. The summed E-state index contributed by atoms with van der Waals surface area (Å²) in [5, 5.41) is 9.32. The van der Waals surface area contributed by atoms with Crippen molar-refractivity contribution in [1.29, 1.82) is 0 Å². The zero-order valence-electron chi connectivity index (χ0n) is 22.3. The summed E-state index contributed by atoms with van der Waals surface area (Å²) in [7, 11) is 0. The Bertz CT molecular complexity index is 857. The molecule has 0 aromatic heterocycles. The summed E-state index contributed by atoms with van der Waals surface area (Å²) in [5.41, 5.74) is 5.76. The minimum absolute atomic E-state index is 0.115. The van der Waals surface area contributed by atoms with Crippen molar-refractivity contribution in [3.63, 3.8) is 0 Å². The van der Waals surface area contributed by atoms with Gasteiger partial charge in [0, 0.05) is 6.92 Å². The number of nitrogens with one attached hydrogen (secondary N) is 1. The first-order valence-electron chi connectivity index (χ1n) is 13.9. The third kappa shape index (κ3) is 3.32. The minimum atomic E-state index is -0.261. The molecule has 0 aromatic rings. The number of hydroxylamine groups is 1. The van der Waals surface area contributed by atoms with Crippen LogP contribution in [0.3, 0.4) is 0 Å². The Morgan fingerprint density at radius 2 is 1.82 bits per heavy atom. The van der Waals surface area contributed by atoms with Gasteiger partial charge in [0.1, 0.15) is 6.10 Å². The highest BCUT2D eigenvalue weighted by Crippen LogP contribution is 2.74. The molecule has 0 saturated heterocycles. The fourth-order valence-corrected chi connectivity index (χ4v) is 10.6. The lowest BCUT2D eigenvalue weighted by molar-refractivity contribution is -0.316. The number of esters is 1. The van der Waals surface area contributed by atoms with Crippen molar-refractivity contribution in [3.05, 3.63) is 11.6 Å². The van der Waals surface area contributed by atoms with Crippen molar-refractivity contribution >= 4 is 5.97 Å². The first-order chi connectivity index (χ1) is 16.0. The van der Waals surface area contributed by atoms with Gasteiger partial charge in [-0.3, -0.25) is 4.79 Å². The van der Waals surface area contributed by atoms with Crippen molar-refractivity contribution in [2.45, 2.75) is 118 Å². The molecule has 5 aliphatic carbocycles. The summed E-state index contributed by atoms with van der Waals surface area (Å²) in [6.07, 6.45) is 14.5. The number of hydrogen-bond acceptors (Lipinski definition) is 5. The molecule has 2 N–H and O–H groups in total. The Balaban J connectivity index is 1.52. The van der Waals surface area contributed by atoms with E-state index in [1.807, 2.05) is 0 Å². The van der Waals surface area contributed by atoms with Gasteiger partial charge in [0.05, 0.1) is 6.04 Å². The van der Waals surface area contributed by atoms with E-state index in [0.29, 0.717) is 17.3 Å². The van der Waals surface area contributed by atoms with E-state index in [9.17, 15) is 10.1 Å². The molecule has 4 saturated carbocycles.